The van der Waals surface area contributed by atoms with Gasteiger partial charge in [0, 0.05) is 38.6 Å². The fourth-order valence-corrected chi connectivity index (χ4v) is 2.19. The average molecular weight is 268 g/mol. The van der Waals surface area contributed by atoms with Gasteiger partial charge in [0.15, 0.2) is 0 Å². The molecule has 1 unspecified atom stereocenters. The minimum absolute atomic E-state index is 0.0243. The molecule has 1 aliphatic heterocycles. The SMILES string of the molecule is C=CCN1CC(C(=O)NCC(C)(C)COC)CC1=O. The van der Waals surface area contributed by atoms with E-state index < -0.39 is 0 Å². The van der Waals surface area contributed by atoms with Crippen LogP contribution in [-0.2, 0) is 14.3 Å². The molecule has 5 nitrogen and oxygen atoms in total. The van der Waals surface area contributed by atoms with Crippen molar-refractivity contribution in [1.82, 2.24) is 10.2 Å². The smallest absolute Gasteiger partial charge is 0.225 e. The second-order valence-corrected chi connectivity index (χ2v) is 5.80. The molecular weight excluding hydrogens is 244 g/mol. The molecule has 0 aromatic carbocycles. The number of amides is 2. The van der Waals surface area contributed by atoms with E-state index in [1.165, 1.54) is 0 Å². The number of ether oxygens (including phenoxy) is 1. The molecule has 0 aromatic rings. The maximum absolute atomic E-state index is 12.0. The van der Waals surface area contributed by atoms with Crippen molar-refractivity contribution in [2.24, 2.45) is 11.3 Å². The lowest BCUT2D eigenvalue weighted by molar-refractivity contribution is -0.128. The van der Waals surface area contributed by atoms with Crippen LogP contribution in [0.2, 0.25) is 0 Å². The van der Waals surface area contributed by atoms with Gasteiger partial charge in [0.1, 0.15) is 0 Å². The number of carbonyl (C=O) groups excluding carboxylic acids is 2. The first-order valence-electron chi connectivity index (χ1n) is 6.55. The van der Waals surface area contributed by atoms with E-state index in [2.05, 4.69) is 11.9 Å². The van der Waals surface area contributed by atoms with Gasteiger partial charge in [0.25, 0.3) is 0 Å². The summed E-state index contributed by atoms with van der Waals surface area (Å²) in [7, 11) is 1.65. The summed E-state index contributed by atoms with van der Waals surface area (Å²) in [5, 5.41) is 2.91. The first-order chi connectivity index (χ1) is 8.89. The number of carbonyl (C=O) groups is 2. The van der Waals surface area contributed by atoms with E-state index in [0.29, 0.717) is 32.7 Å². The molecule has 1 aliphatic rings. The number of hydrogen-bond acceptors (Lipinski definition) is 3. The Hall–Kier alpha value is -1.36. The van der Waals surface area contributed by atoms with E-state index in [-0.39, 0.29) is 23.1 Å². The normalized spacial score (nSPS) is 19.6. The van der Waals surface area contributed by atoms with Gasteiger partial charge in [0.05, 0.1) is 12.5 Å². The molecule has 0 spiro atoms. The number of nitrogens with one attached hydrogen (secondary N) is 1. The van der Waals surface area contributed by atoms with Crippen LogP contribution in [0.1, 0.15) is 20.3 Å². The van der Waals surface area contributed by atoms with Crippen molar-refractivity contribution in [2.45, 2.75) is 20.3 Å². The zero-order valence-corrected chi connectivity index (χ0v) is 12.1. The third-order valence-corrected chi connectivity index (χ3v) is 3.21. The summed E-state index contributed by atoms with van der Waals surface area (Å²) in [6, 6.07) is 0. The van der Waals surface area contributed by atoms with Crippen molar-refractivity contribution in [3.63, 3.8) is 0 Å². The average Bonchev–Trinajstić information content (AvgIpc) is 2.69. The molecule has 0 aliphatic carbocycles. The third-order valence-electron chi connectivity index (χ3n) is 3.21. The lowest BCUT2D eigenvalue weighted by Gasteiger charge is -2.24. The second-order valence-electron chi connectivity index (χ2n) is 5.80. The molecule has 1 N–H and O–H groups in total. The van der Waals surface area contributed by atoms with E-state index in [1.807, 2.05) is 13.8 Å². The molecule has 0 aromatic heterocycles. The summed E-state index contributed by atoms with van der Waals surface area (Å²) < 4.78 is 5.11. The first-order valence-corrected chi connectivity index (χ1v) is 6.55. The van der Waals surface area contributed by atoms with Gasteiger partial charge in [-0.15, -0.1) is 6.58 Å². The minimum atomic E-state index is -0.245. The predicted molar refractivity (Wildman–Crippen MR) is 73.6 cm³/mol. The van der Waals surface area contributed by atoms with Crippen LogP contribution in [0.4, 0.5) is 0 Å². The van der Waals surface area contributed by atoms with Crippen molar-refractivity contribution in [3.05, 3.63) is 12.7 Å². The summed E-state index contributed by atoms with van der Waals surface area (Å²) in [6.07, 6.45) is 1.98. The zero-order valence-electron chi connectivity index (χ0n) is 12.1. The summed E-state index contributed by atoms with van der Waals surface area (Å²) >= 11 is 0. The Labute approximate surface area is 115 Å². The molecule has 1 atom stereocenters. The molecular formula is C14H24N2O3. The lowest BCUT2D eigenvalue weighted by Crippen LogP contribution is -2.40. The summed E-state index contributed by atoms with van der Waals surface area (Å²) in [6.45, 7) is 9.80. The molecule has 1 heterocycles. The number of hydrogen-bond donors (Lipinski definition) is 1. The van der Waals surface area contributed by atoms with Gasteiger partial charge in [-0.25, -0.2) is 0 Å². The molecule has 5 heteroatoms. The van der Waals surface area contributed by atoms with Crippen LogP contribution in [-0.4, -0.2) is 50.1 Å². The maximum Gasteiger partial charge on any atom is 0.225 e. The first kappa shape index (κ1) is 15.7. The third kappa shape index (κ3) is 4.67. The Morgan fingerprint density at radius 3 is 2.89 bits per heavy atom. The highest BCUT2D eigenvalue weighted by molar-refractivity contribution is 5.89. The van der Waals surface area contributed by atoms with Gasteiger partial charge in [0.2, 0.25) is 11.8 Å². The van der Waals surface area contributed by atoms with Gasteiger partial charge < -0.3 is 15.0 Å². The quantitative estimate of drug-likeness (QED) is 0.695. The Kier molecular flexibility index (Phi) is 5.54. The molecule has 0 radical (unpaired) electrons. The van der Waals surface area contributed by atoms with Gasteiger partial charge in [-0.05, 0) is 0 Å². The molecule has 1 fully saturated rings. The summed E-state index contributed by atoms with van der Waals surface area (Å²) in [5.74, 6) is -0.272. The van der Waals surface area contributed by atoms with Crippen molar-refractivity contribution < 1.29 is 14.3 Å². The minimum Gasteiger partial charge on any atom is -0.384 e. The molecule has 0 bridgehead atoms. The van der Waals surface area contributed by atoms with E-state index in [0.717, 1.165) is 0 Å². The molecule has 0 saturated carbocycles. The molecule has 2 amide bonds. The van der Waals surface area contributed by atoms with Gasteiger partial charge in [-0.3, -0.25) is 9.59 Å². The van der Waals surface area contributed by atoms with Crippen molar-refractivity contribution in [3.8, 4) is 0 Å². The van der Waals surface area contributed by atoms with Crippen LogP contribution in [0.25, 0.3) is 0 Å². The summed E-state index contributed by atoms with van der Waals surface area (Å²) in [5.41, 5.74) is -0.103. The number of methoxy groups -OCH3 is 1. The summed E-state index contributed by atoms with van der Waals surface area (Å²) in [4.78, 5) is 25.4. The van der Waals surface area contributed by atoms with E-state index >= 15 is 0 Å². The molecule has 1 saturated heterocycles. The van der Waals surface area contributed by atoms with Gasteiger partial charge in [-0.2, -0.15) is 0 Å². The molecule has 1 rings (SSSR count). The fourth-order valence-electron chi connectivity index (χ4n) is 2.19. The zero-order chi connectivity index (χ0) is 14.5. The predicted octanol–water partition coefficient (Wildman–Crippen LogP) is 0.810. The maximum atomic E-state index is 12.0. The van der Waals surface area contributed by atoms with Crippen LogP contribution in [0, 0.1) is 11.3 Å². The largest absolute Gasteiger partial charge is 0.384 e. The van der Waals surface area contributed by atoms with Gasteiger partial charge in [-0.1, -0.05) is 19.9 Å². The highest BCUT2D eigenvalue weighted by atomic mass is 16.5. The Morgan fingerprint density at radius 2 is 2.32 bits per heavy atom. The van der Waals surface area contributed by atoms with Crippen LogP contribution in [0.15, 0.2) is 12.7 Å². The number of nitrogens with zero attached hydrogens (tertiary/aromatic N) is 1. The van der Waals surface area contributed by atoms with Crippen LogP contribution in [0.5, 0.6) is 0 Å². The highest BCUT2D eigenvalue weighted by Gasteiger charge is 2.34. The van der Waals surface area contributed by atoms with Crippen LogP contribution >= 0.6 is 0 Å². The lowest BCUT2D eigenvalue weighted by atomic mass is 9.94. The van der Waals surface area contributed by atoms with Crippen LogP contribution in [0.3, 0.4) is 0 Å². The Morgan fingerprint density at radius 1 is 1.63 bits per heavy atom. The molecule has 108 valence electrons. The van der Waals surface area contributed by atoms with Crippen molar-refractivity contribution in [2.75, 3.05) is 33.4 Å². The van der Waals surface area contributed by atoms with E-state index in [9.17, 15) is 9.59 Å². The fraction of sp³-hybridized carbons (Fsp3) is 0.714. The number of rotatable bonds is 7. The highest BCUT2D eigenvalue weighted by Crippen LogP contribution is 2.19. The Balaban J connectivity index is 2.43. The van der Waals surface area contributed by atoms with Crippen molar-refractivity contribution in [1.29, 1.82) is 0 Å². The monoisotopic (exact) mass is 268 g/mol. The second kappa shape index (κ2) is 6.70. The number of likely N-dealkylation sites (tertiary alicyclic amines) is 1. The standard InChI is InChI=1S/C14H24N2O3/c1-5-6-16-8-11(7-12(16)17)13(18)15-9-14(2,3)10-19-4/h5,11H,1,6-10H2,2-4H3,(H,15,18). The van der Waals surface area contributed by atoms with Crippen molar-refractivity contribution >= 4 is 11.8 Å². The van der Waals surface area contributed by atoms with Crippen LogP contribution < -0.4 is 5.32 Å². The van der Waals surface area contributed by atoms with E-state index in [1.54, 1.807) is 18.1 Å². The van der Waals surface area contributed by atoms with Gasteiger partial charge >= 0.3 is 0 Å². The Bertz CT molecular complexity index is 353. The molecule has 19 heavy (non-hydrogen) atoms. The topological polar surface area (TPSA) is 58.6 Å². The van der Waals surface area contributed by atoms with E-state index in [4.69, 9.17) is 4.74 Å².